The van der Waals surface area contributed by atoms with Crippen LogP contribution in [0.15, 0.2) is 35.1 Å². The zero-order valence-corrected chi connectivity index (χ0v) is 9.53. The van der Waals surface area contributed by atoms with Gasteiger partial charge in [-0.1, -0.05) is 0 Å². The number of nitrogens with zero attached hydrogens (tertiary/aromatic N) is 2. The molecule has 0 N–H and O–H groups in total. The van der Waals surface area contributed by atoms with Crippen molar-refractivity contribution in [1.82, 2.24) is 9.55 Å². The number of hydrogen-bond acceptors (Lipinski definition) is 2. The van der Waals surface area contributed by atoms with E-state index in [2.05, 4.69) is 20.9 Å². The van der Waals surface area contributed by atoms with Crippen LogP contribution in [0.2, 0.25) is 0 Å². The second kappa shape index (κ2) is 4.02. The summed E-state index contributed by atoms with van der Waals surface area (Å²) in [5.41, 5.74) is 0. The molecule has 0 unspecified atom stereocenters. The predicted molar refractivity (Wildman–Crippen MR) is 57.4 cm³/mol. The molecule has 1 aromatic heterocycles. The second-order valence-corrected chi connectivity index (χ2v) is 3.83. The smallest absolute Gasteiger partial charge is 0.302 e. The molecule has 0 saturated heterocycles. The molecule has 0 radical (unpaired) electrons. The van der Waals surface area contributed by atoms with Gasteiger partial charge in [0.1, 0.15) is 16.2 Å². The van der Waals surface area contributed by atoms with Gasteiger partial charge in [-0.2, -0.15) is 4.98 Å². The number of aryl methyl sites for hydroxylation is 1. The van der Waals surface area contributed by atoms with Crippen molar-refractivity contribution in [2.75, 3.05) is 0 Å². The topological polar surface area (TPSA) is 27.1 Å². The van der Waals surface area contributed by atoms with Crippen LogP contribution in [0, 0.1) is 5.82 Å². The Balaban J connectivity index is 2.21. The van der Waals surface area contributed by atoms with Gasteiger partial charge in [0.25, 0.3) is 0 Å². The molecule has 0 saturated carbocycles. The molecular formula is C10H8BrFN2O. The Morgan fingerprint density at radius 1 is 1.33 bits per heavy atom. The molecule has 5 heteroatoms. The molecule has 1 aromatic carbocycles. The molecule has 0 aliphatic carbocycles. The molecule has 0 bridgehead atoms. The summed E-state index contributed by atoms with van der Waals surface area (Å²) in [5.74, 6) is 0.265. The molecule has 2 aromatic rings. The zero-order chi connectivity index (χ0) is 10.8. The summed E-state index contributed by atoms with van der Waals surface area (Å²) in [5, 5.41) is 0. The van der Waals surface area contributed by atoms with E-state index >= 15 is 0 Å². The van der Waals surface area contributed by atoms with Crippen LogP contribution >= 0.6 is 15.9 Å². The van der Waals surface area contributed by atoms with E-state index < -0.39 is 0 Å². The van der Waals surface area contributed by atoms with Crippen LogP contribution in [0.4, 0.5) is 4.39 Å². The van der Waals surface area contributed by atoms with Gasteiger partial charge in [-0.25, -0.2) is 4.39 Å². The van der Waals surface area contributed by atoms with E-state index in [0.29, 0.717) is 16.4 Å². The van der Waals surface area contributed by atoms with Crippen molar-refractivity contribution < 1.29 is 9.13 Å². The standard InChI is InChI=1S/C10H8BrFN2O/c1-14-6-9(11)13-10(14)15-8-4-2-7(12)3-5-8/h2-6H,1H3. The van der Waals surface area contributed by atoms with E-state index in [0.717, 1.165) is 0 Å². The van der Waals surface area contributed by atoms with Gasteiger partial charge < -0.3 is 9.30 Å². The van der Waals surface area contributed by atoms with Crippen molar-refractivity contribution in [2.45, 2.75) is 0 Å². The Morgan fingerprint density at radius 3 is 2.53 bits per heavy atom. The first-order valence-electron chi connectivity index (χ1n) is 4.27. The van der Waals surface area contributed by atoms with Crippen LogP contribution in [0.25, 0.3) is 0 Å². The van der Waals surface area contributed by atoms with E-state index in [4.69, 9.17) is 4.74 Å². The fraction of sp³-hybridized carbons (Fsp3) is 0.100. The fourth-order valence-electron chi connectivity index (χ4n) is 1.12. The van der Waals surface area contributed by atoms with Gasteiger partial charge in [0, 0.05) is 13.2 Å². The van der Waals surface area contributed by atoms with Crippen molar-refractivity contribution >= 4 is 15.9 Å². The highest BCUT2D eigenvalue weighted by Crippen LogP contribution is 2.21. The molecule has 2 rings (SSSR count). The van der Waals surface area contributed by atoms with Crippen LogP contribution in [0.3, 0.4) is 0 Å². The van der Waals surface area contributed by atoms with Gasteiger partial charge in [-0.15, -0.1) is 0 Å². The van der Waals surface area contributed by atoms with Gasteiger partial charge in [-0.3, -0.25) is 0 Å². The predicted octanol–water partition coefficient (Wildman–Crippen LogP) is 3.11. The van der Waals surface area contributed by atoms with Crippen molar-refractivity contribution in [3.05, 3.63) is 40.9 Å². The minimum absolute atomic E-state index is 0.289. The maximum absolute atomic E-state index is 12.6. The van der Waals surface area contributed by atoms with Crippen molar-refractivity contribution in [3.8, 4) is 11.8 Å². The van der Waals surface area contributed by atoms with E-state index in [1.54, 1.807) is 22.9 Å². The van der Waals surface area contributed by atoms with Gasteiger partial charge in [0.15, 0.2) is 0 Å². The van der Waals surface area contributed by atoms with E-state index in [-0.39, 0.29) is 5.82 Å². The first kappa shape index (κ1) is 10.2. The minimum Gasteiger partial charge on any atom is -0.425 e. The maximum atomic E-state index is 12.6. The molecule has 3 nitrogen and oxygen atoms in total. The van der Waals surface area contributed by atoms with Gasteiger partial charge in [0.2, 0.25) is 0 Å². The quantitative estimate of drug-likeness (QED) is 0.839. The molecule has 0 aliphatic rings. The molecule has 15 heavy (non-hydrogen) atoms. The highest BCUT2D eigenvalue weighted by molar-refractivity contribution is 9.10. The van der Waals surface area contributed by atoms with Crippen LogP contribution < -0.4 is 4.74 Å². The lowest BCUT2D eigenvalue weighted by atomic mass is 10.3. The van der Waals surface area contributed by atoms with Crippen LogP contribution in [-0.4, -0.2) is 9.55 Å². The summed E-state index contributed by atoms with van der Waals surface area (Å²) in [4.78, 5) is 4.09. The van der Waals surface area contributed by atoms with Crippen molar-refractivity contribution in [1.29, 1.82) is 0 Å². The summed E-state index contributed by atoms with van der Waals surface area (Å²) in [6.45, 7) is 0. The minimum atomic E-state index is -0.289. The normalized spacial score (nSPS) is 10.3. The largest absolute Gasteiger partial charge is 0.425 e. The highest BCUT2D eigenvalue weighted by Gasteiger charge is 2.05. The SMILES string of the molecule is Cn1cc(Br)nc1Oc1ccc(F)cc1. The van der Waals surface area contributed by atoms with Gasteiger partial charge >= 0.3 is 6.01 Å². The Kier molecular flexibility index (Phi) is 2.73. The Morgan fingerprint density at radius 2 is 2.00 bits per heavy atom. The fourth-order valence-corrected chi connectivity index (χ4v) is 1.58. The average Bonchev–Trinajstić information content (AvgIpc) is 2.49. The molecule has 0 fully saturated rings. The van der Waals surface area contributed by atoms with Crippen molar-refractivity contribution in [3.63, 3.8) is 0 Å². The van der Waals surface area contributed by atoms with E-state index in [9.17, 15) is 4.39 Å². The third-order valence-corrected chi connectivity index (χ3v) is 2.21. The third kappa shape index (κ3) is 2.36. The lowest BCUT2D eigenvalue weighted by molar-refractivity contribution is 0.423. The first-order chi connectivity index (χ1) is 7.15. The summed E-state index contributed by atoms with van der Waals surface area (Å²) in [7, 11) is 1.82. The summed E-state index contributed by atoms with van der Waals surface area (Å²) in [6.07, 6.45) is 1.78. The second-order valence-electron chi connectivity index (χ2n) is 3.01. The number of hydrogen-bond donors (Lipinski definition) is 0. The lowest BCUT2D eigenvalue weighted by Crippen LogP contribution is -1.93. The number of benzene rings is 1. The Bertz CT molecular complexity index is 467. The summed E-state index contributed by atoms with van der Waals surface area (Å²) in [6, 6.07) is 6.24. The summed E-state index contributed by atoms with van der Waals surface area (Å²) < 4.78 is 20.5. The Labute approximate surface area is 94.6 Å². The van der Waals surface area contributed by atoms with E-state index in [1.165, 1.54) is 12.1 Å². The number of ether oxygens (including phenoxy) is 1. The van der Waals surface area contributed by atoms with Crippen LogP contribution in [0.5, 0.6) is 11.8 Å². The van der Waals surface area contributed by atoms with Gasteiger partial charge in [0.05, 0.1) is 0 Å². The zero-order valence-electron chi connectivity index (χ0n) is 7.95. The molecule has 0 amide bonds. The van der Waals surface area contributed by atoms with E-state index in [1.807, 2.05) is 7.05 Å². The third-order valence-electron chi connectivity index (χ3n) is 1.83. The monoisotopic (exact) mass is 270 g/mol. The number of imidazole rings is 1. The highest BCUT2D eigenvalue weighted by atomic mass is 79.9. The number of rotatable bonds is 2. The van der Waals surface area contributed by atoms with Crippen LogP contribution in [0.1, 0.15) is 0 Å². The molecular weight excluding hydrogens is 263 g/mol. The van der Waals surface area contributed by atoms with Gasteiger partial charge in [-0.05, 0) is 40.2 Å². The maximum Gasteiger partial charge on any atom is 0.302 e. The first-order valence-corrected chi connectivity index (χ1v) is 5.07. The molecule has 1 heterocycles. The van der Waals surface area contributed by atoms with Crippen LogP contribution in [-0.2, 0) is 7.05 Å². The number of aromatic nitrogens is 2. The molecule has 0 spiro atoms. The molecule has 0 atom stereocenters. The summed E-state index contributed by atoms with van der Waals surface area (Å²) >= 11 is 3.24. The molecule has 78 valence electrons. The Hall–Kier alpha value is -1.36. The lowest BCUT2D eigenvalue weighted by Gasteiger charge is -2.03. The average molecular weight is 271 g/mol. The molecule has 0 aliphatic heterocycles. The van der Waals surface area contributed by atoms with Crippen molar-refractivity contribution in [2.24, 2.45) is 7.05 Å². The number of halogens is 2.